The first-order valence-electron chi connectivity index (χ1n) is 7.29. The summed E-state index contributed by atoms with van der Waals surface area (Å²) in [6.07, 6.45) is 5.05. The monoisotopic (exact) mass is 287 g/mol. The summed E-state index contributed by atoms with van der Waals surface area (Å²) >= 11 is 1.77. The van der Waals surface area contributed by atoms with Crippen molar-refractivity contribution in [3.05, 3.63) is 50.7 Å². The molecule has 1 aliphatic rings. The van der Waals surface area contributed by atoms with Gasteiger partial charge in [-0.05, 0) is 61.9 Å². The van der Waals surface area contributed by atoms with Gasteiger partial charge in [0.05, 0.1) is 0 Å². The van der Waals surface area contributed by atoms with Crippen LogP contribution in [0.5, 0.6) is 5.75 Å². The summed E-state index contributed by atoms with van der Waals surface area (Å²) in [6.45, 7) is 3.39. The second-order valence-corrected chi connectivity index (χ2v) is 6.77. The Bertz CT molecular complexity index is 603. The van der Waals surface area contributed by atoms with Gasteiger partial charge in [-0.2, -0.15) is 0 Å². The topological polar surface area (TPSA) is 35.2 Å². The number of hydrogen-bond acceptors (Lipinski definition) is 3. The van der Waals surface area contributed by atoms with Crippen molar-refractivity contribution in [2.24, 2.45) is 5.73 Å². The van der Waals surface area contributed by atoms with Crippen LogP contribution in [0.4, 0.5) is 0 Å². The zero-order valence-corrected chi connectivity index (χ0v) is 12.8. The van der Waals surface area contributed by atoms with E-state index in [1.807, 2.05) is 0 Å². The van der Waals surface area contributed by atoms with Gasteiger partial charge in [-0.1, -0.05) is 6.07 Å². The Morgan fingerprint density at radius 2 is 1.95 bits per heavy atom. The molecule has 3 heteroatoms. The fraction of sp³-hybridized carbons (Fsp3) is 0.412. The van der Waals surface area contributed by atoms with E-state index >= 15 is 0 Å². The number of fused-ring (bicyclic) bond motifs is 1. The minimum atomic E-state index is 0.615. The average molecular weight is 287 g/mol. The molecule has 20 heavy (non-hydrogen) atoms. The number of rotatable bonds is 4. The van der Waals surface area contributed by atoms with Gasteiger partial charge >= 0.3 is 0 Å². The highest BCUT2D eigenvalue weighted by atomic mass is 32.1. The average Bonchev–Trinajstić information content (AvgIpc) is 2.85. The molecule has 0 unspecified atom stereocenters. The summed E-state index contributed by atoms with van der Waals surface area (Å²) in [5.41, 5.74) is 9.91. The molecule has 0 saturated carbocycles. The maximum atomic E-state index is 5.96. The number of ether oxygens (including phenoxy) is 1. The van der Waals surface area contributed by atoms with Crippen LogP contribution in [0.1, 0.15) is 39.3 Å². The quantitative estimate of drug-likeness (QED) is 0.923. The molecule has 1 aromatic carbocycles. The van der Waals surface area contributed by atoms with Gasteiger partial charge in [0.25, 0.3) is 0 Å². The third kappa shape index (κ3) is 2.89. The summed E-state index contributed by atoms with van der Waals surface area (Å²) in [5, 5.41) is 0. The Labute approximate surface area is 124 Å². The molecule has 1 aromatic heterocycles. The second-order valence-electron chi connectivity index (χ2n) is 5.42. The first-order valence-corrected chi connectivity index (χ1v) is 8.11. The molecule has 0 bridgehead atoms. The SMILES string of the molecule is Cc1sc(CN)cc1COc1ccc2c(c1)CCCC2. The molecule has 0 fully saturated rings. The third-order valence-corrected chi connectivity index (χ3v) is 5.10. The first kappa shape index (κ1) is 13.7. The highest BCUT2D eigenvalue weighted by molar-refractivity contribution is 7.12. The summed E-state index contributed by atoms with van der Waals surface area (Å²) < 4.78 is 5.96. The van der Waals surface area contributed by atoms with E-state index < -0.39 is 0 Å². The number of hydrogen-bond donors (Lipinski definition) is 1. The highest BCUT2D eigenvalue weighted by Gasteiger charge is 2.10. The van der Waals surface area contributed by atoms with Crippen LogP contribution < -0.4 is 10.5 Å². The van der Waals surface area contributed by atoms with Crippen LogP contribution in [-0.2, 0) is 26.0 Å². The van der Waals surface area contributed by atoms with E-state index in [0.717, 1.165) is 5.75 Å². The third-order valence-electron chi connectivity index (χ3n) is 3.99. The lowest BCUT2D eigenvalue weighted by atomic mass is 9.92. The smallest absolute Gasteiger partial charge is 0.120 e. The van der Waals surface area contributed by atoms with Crippen molar-refractivity contribution in [2.75, 3.05) is 0 Å². The summed E-state index contributed by atoms with van der Waals surface area (Å²) in [7, 11) is 0. The maximum Gasteiger partial charge on any atom is 0.120 e. The van der Waals surface area contributed by atoms with Gasteiger partial charge in [0.1, 0.15) is 12.4 Å². The Balaban J connectivity index is 1.70. The van der Waals surface area contributed by atoms with Crippen LogP contribution in [0, 0.1) is 6.92 Å². The second kappa shape index (κ2) is 5.98. The van der Waals surface area contributed by atoms with Gasteiger partial charge in [0.2, 0.25) is 0 Å². The normalized spacial score (nSPS) is 14.1. The standard InChI is InChI=1S/C17H21NOS/c1-12-15(9-17(10-18)20-12)11-19-16-7-6-13-4-2-3-5-14(13)8-16/h6-9H,2-5,10-11,18H2,1H3. The molecule has 0 saturated heterocycles. The number of benzene rings is 1. The summed E-state index contributed by atoms with van der Waals surface area (Å²) in [4.78, 5) is 2.54. The van der Waals surface area contributed by atoms with Crippen LogP contribution in [0.15, 0.2) is 24.3 Å². The van der Waals surface area contributed by atoms with Gasteiger partial charge in [-0.3, -0.25) is 0 Å². The van der Waals surface area contributed by atoms with Crippen molar-refractivity contribution in [3.8, 4) is 5.75 Å². The molecule has 2 aromatic rings. The first-order chi connectivity index (χ1) is 9.76. The van der Waals surface area contributed by atoms with Crippen molar-refractivity contribution in [3.63, 3.8) is 0 Å². The molecule has 0 spiro atoms. The van der Waals surface area contributed by atoms with E-state index in [0.29, 0.717) is 13.2 Å². The van der Waals surface area contributed by atoms with Crippen molar-refractivity contribution in [2.45, 2.75) is 45.8 Å². The van der Waals surface area contributed by atoms with E-state index in [-0.39, 0.29) is 0 Å². The Morgan fingerprint density at radius 1 is 1.15 bits per heavy atom. The molecule has 106 valence electrons. The molecule has 0 atom stereocenters. The van der Waals surface area contributed by atoms with Crippen LogP contribution in [0.25, 0.3) is 0 Å². The molecular formula is C17H21NOS. The molecule has 1 heterocycles. The van der Waals surface area contributed by atoms with E-state index in [1.165, 1.54) is 52.1 Å². The molecule has 2 nitrogen and oxygen atoms in total. The number of aryl methyl sites for hydroxylation is 3. The van der Waals surface area contributed by atoms with Gasteiger partial charge < -0.3 is 10.5 Å². The van der Waals surface area contributed by atoms with Crippen molar-refractivity contribution in [1.82, 2.24) is 0 Å². The van der Waals surface area contributed by atoms with E-state index in [9.17, 15) is 0 Å². The molecule has 3 rings (SSSR count). The summed E-state index contributed by atoms with van der Waals surface area (Å²) in [5.74, 6) is 0.991. The van der Waals surface area contributed by atoms with E-state index in [4.69, 9.17) is 10.5 Å². The highest BCUT2D eigenvalue weighted by Crippen LogP contribution is 2.27. The minimum absolute atomic E-state index is 0.615. The number of thiophene rings is 1. The van der Waals surface area contributed by atoms with Gasteiger partial charge in [0, 0.05) is 21.9 Å². The molecule has 0 amide bonds. The van der Waals surface area contributed by atoms with E-state index in [2.05, 4.69) is 31.2 Å². The predicted octanol–water partition coefficient (Wildman–Crippen LogP) is 3.97. The molecule has 2 N–H and O–H groups in total. The molecule has 0 radical (unpaired) electrons. The molecular weight excluding hydrogens is 266 g/mol. The fourth-order valence-electron chi connectivity index (χ4n) is 2.79. The molecule has 0 aliphatic heterocycles. The van der Waals surface area contributed by atoms with Crippen LogP contribution in [-0.4, -0.2) is 0 Å². The zero-order chi connectivity index (χ0) is 13.9. The Morgan fingerprint density at radius 3 is 2.70 bits per heavy atom. The fourth-order valence-corrected chi connectivity index (χ4v) is 3.72. The minimum Gasteiger partial charge on any atom is -0.489 e. The summed E-state index contributed by atoms with van der Waals surface area (Å²) in [6, 6.07) is 8.73. The lowest BCUT2D eigenvalue weighted by molar-refractivity contribution is 0.305. The Hall–Kier alpha value is -1.32. The van der Waals surface area contributed by atoms with Crippen LogP contribution in [0.2, 0.25) is 0 Å². The van der Waals surface area contributed by atoms with Crippen molar-refractivity contribution in [1.29, 1.82) is 0 Å². The lowest BCUT2D eigenvalue weighted by Crippen LogP contribution is -2.03. The largest absolute Gasteiger partial charge is 0.489 e. The Kier molecular flexibility index (Phi) is 4.08. The van der Waals surface area contributed by atoms with Gasteiger partial charge in [-0.15, -0.1) is 11.3 Å². The van der Waals surface area contributed by atoms with Crippen LogP contribution >= 0.6 is 11.3 Å². The van der Waals surface area contributed by atoms with Gasteiger partial charge in [-0.25, -0.2) is 0 Å². The maximum absolute atomic E-state index is 5.96. The zero-order valence-electron chi connectivity index (χ0n) is 11.9. The van der Waals surface area contributed by atoms with Crippen molar-refractivity contribution < 1.29 is 4.74 Å². The van der Waals surface area contributed by atoms with Gasteiger partial charge in [0.15, 0.2) is 0 Å². The predicted molar refractivity (Wildman–Crippen MR) is 84.4 cm³/mol. The molecule has 1 aliphatic carbocycles. The van der Waals surface area contributed by atoms with Crippen molar-refractivity contribution >= 4 is 11.3 Å². The lowest BCUT2D eigenvalue weighted by Gasteiger charge is -2.16. The number of nitrogens with two attached hydrogens (primary N) is 1. The van der Waals surface area contributed by atoms with Crippen LogP contribution in [0.3, 0.4) is 0 Å². The van der Waals surface area contributed by atoms with E-state index in [1.54, 1.807) is 11.3 Å².